The molecule has 1 aromatic carbocycles. The Kier molecular flexibility index (Phi) is 3.52. The van der Waals surface area contributed by atoms with Crippen molar-refractivity contribution in [2.45, 2.75) is 6.54 Å². The van der Waals surface area contributed by atoms with Gasteiger partial charge in [0.2, 0.25) is 0 Å². The Hall–Kier alpha value is -1.41. The Morgan fingerprint density at radius 2 is 2.26 bits per heavy atom. The van der Waals surface area contributed by atoms with Crippen LogP contribution in [0.25, 0.3) is 4.96 Å². The Morgan fingerprint density at radius 1 is 1.42 bits per heavy atom. The third-order valence-electron chi connectivity index (χ3n) is 2.69. The highest BCUT2D eigenvalue weighted by atomic mass is 127. The number of aromatic nitrogens is 2. The lowest BCUT2D eigenvalue weighted by molar-refractivity contribution is 0.0949. The van der Waals surface area contributed by atoms with Crippen molar-refractivity contribution in [3.63, 3.8) is 0 Å². The standard InChI is InChI=1S/C13H10IN3OS/c14-11-4-2-1-3-10(11)12(18)15-7-9-8-17-5-6-19-13(17)16-9/h1-6,8H,7H2,(H,15,18). The van der Waals surface area contributed by atoms with Gasteiger partial charge in [-0.3, -0.25) is 9.20 Å². The fraction of sp³-hybridized carbons (Fsp3) is 0.0769. The van der Waals surface area contributed by atoms with Crippen LogP contribution in [-0.4, -0.2) is 15.3 Å². The summed E-state index contributed by atoms with van der Waals surface area (Å²) in [6, 6.07) is 7.52. The van der Waals surface area contributed by atoms with Crippen molar-refractivity contribution < 1.29 is 4.79 Å². The van der Waals surface area contributed by atoms with Gasteiger partial charge in [-0.1, -0.05) is 12.1 Å². The van der Waals surface area contributed by atoms with Crippen LogP contribution >= 0.6 is 33.9 Å². The molecule has 0 bridgehead atoms. The lowest BCUT2D eigenvalue weighted by Crippen LogP contribution is -2.23. The summed E-state index contributed by atoms with van der Waals surface area (Å²) in [5.41, 5.74) is 1.57. The molecule has 0 radical (unpaired) electrons. The van der Waals surface area contributed by atoms with Gasteiger partial charge in [0.05, 0.1) is 17.8 Å². The summed E-state index contributed by atoms with van der Waals surface area (Å²) in [5.74, 6) is -0.0682. The van der Waals surface area contributed by atoms with E-state index in [1.165, 1.54) is 0 Å². The molecule has 0 aliphatic heterocycles. The van der Waals surface area contributed by atoms with Crippen LogP contribution in [0.5, 0.6) is 0 Å². The summed E-state index contributed by atoms with van der Waals surface area (Å²) in [5, 5.41) is 4.88. The number of halogens is 1. The number of hydrogen-bond acceptors (Lipinski definition) is 3. The zero-order valence-electron chi connectivity index (χ0n) is 9.84. The van der Waals surface area contributed by atoms with E-state index in [0.29, 0.717) is 12.1 Å². The molecule has 3 rings (SSSR count). The zero-order chi connectivity index (χ0) is 13.2. The molecule has 0 saturated heterocycles. The Bertz CT molecular complexity index is 706. The Balaban J connectivity index is 1.71. The number of fused-ring (bicyclic) bond motifs is 1. The minimum absolute atomic E-state index is 0.0682. The van der Waals surface area contributed by atoms with Crippen LogP contribution in [0.1, 0.15) is 16.1 Å². The molecule has 1 amide bonds. The molecular formula is C13H10IN3OS. The third-order valence-corrected chi connectivity index (χ3v) is 4.40. The fourth-order valence-corrected chi connectivity index (χ4v) is 3.12. The van der Waals surface area contributed by atoms with Crippen molar-refractivity contribution in [2.24, 2.45) is 0 Å². The number of nitrogens with zero attached hydrogens (tertiary/aromatic N) is 2. The first kappa shape index (κ1) is 12.6. The first-order valence-corrected chi connectivity index (χ1v) is 7.64. The van der Waals surface area contributed by atoms with Gasteiger partial charge in [-0.25, -0.2) is 4.98 Å². The van der Waals surface area contributed by atoms with Gasteiger partial charge in [0.25, 0.3) is 5.91 Å². The van der Waals surface area contributed by atoms with E-state index in [2.05, 4.69) is 32.9 Å². The molecule has 0 spiro atoms. The number of nitrogens with one attached hydrogen (secondary N) is 1. The highest BCUT2D eigenvalue weighted by Gasteiger charge is 2.09. The SMILES string of the molecule is O=C(NCc1cn2ccsc2n1)c1ccccc1I. The number of hydrogen-bond donors (Lipinski definition) is 1. The zero-order valence-corrected chi connectivity index (χ0v) is 12.8. The van der Waals surface area contributed by atoms with Crippen LogP contribution in [0.3, 0.4) is 0 Å². The first-order chi connectivity index (χ1) is 9.24. The molecule has 0 aliphatic carbocycles. The molecule has 6 heteroatoms. The number of benzene rings is 1. The maximum atomic E-state index is 12.0. The van der Waals surface area contributed by atoms with Crippen molar-refractivity contribution in [1.82, 2.24) is 14.7 Å². The van der Waals surface area contributed by atoms with E-state index in [0.717, 1.165) is 14.2 Å². The topological polar surface area (TPSA) is 46.4 Å². The van der Waals surface area contributed by atoms with Crippen LogP contribution in [-0.2, 0) is 6.54 Å². The molecule has 2 heterocycles. The van der Waals surface area contributed by atoms with Gasteiger partial charge < -0.3 is 5.32 Å². The lowest BCUT2D eigenvalue weighted by Gasteiger charge is -2.04. The Labute approximate surface area is 127 Å². The van der Waals surface area contributed by atoms with E-state index in [1.54, 1.807) is 11.3 Å². The molecular weight excluding hydrogens is 373 g/mol. The number of thiazole rings is 1. The number of carbonyl (C=O) groups excluding carboxylic acids is 1. The van der Waals surface area contributed by atoms with Crippen molar-refractivity contribution in [2.75, 3.05) is 0 Å². The normalized spacial score (nSPS) is 10.8. The largest absolute Gasteiger partial charge is 0.346 e. The monoisotopic (exact) mass is 383 g/mol. The second-order valence-corrected chi connectivity index (χ2v) is 6.02. The predicted octanol–water partition coefficient (Wildman–Crippen LogP) is 2.93. The highest BCUT2D eigenvalue weighted by molar-refractivity contribution is 14.1. The van der Waals surface area contributed by atoms with E-state index in [9.17, 15) is 4.79 Å². The smallest absolute Gasteiger partial charge is 0.252 e. The van der Waals surface area contributed by atoms with Gasteiger partial charge in [-0.15, -0.1) is 11.3 Å². The fourth-order valence-electron chi connectivity index (χ4n) is 1.77. The molecule has 0 aliphatic rings. The van der Waals surface area contributed by atoms with Crippen molar-refractivity contribution >= 4 is 44.8 Å². The van der Waals surface area contributed by atoms with Gasteiger partial charge in [0, 0.05) is 21.3 Å². The number of rotatable bonds is 3. The summed E-state index contributed by atoms with van der Waals surface area (Å²) in [6.45, 7) is 0.443. The summed E-state index contributed by atoms with van der Waals surface area (Å²) >= 11 is 3.74. The molecule has 0 saturated carbocycles. The molecule has 1 N–H and O–H groups in total. The Morgan fingerprint density at radius 3 is 3.05 bits per heavy atom. The van der Waals surface area contributed by atoms with Gasteiger partial charge in [-0.05, 0) is 34.7 Å². The van der Waals surface area contributed by atoms with Gasteiger partial charge in [-0.2, -0.15) is 0 Å². The van der Waals surface area contributed by atoms with E-state index in [-0.39, 0.29) is 5.91 Å². The quantitative estimate of drug-likeness (QED) is 0.707. The molecule has 2 aromatic heterocycles. The molecule has 0 fully saturated rings. The number of amides is 1. The molecule has 0 atom stereocenters. The minimum atomic E-state index is -0.0682. The number of imidazole rings is 1. The first-order valence-electron chi connectivity index (χ1n) is 5.68. The summed E-state index contributed by atoms with van der Waals surface area (Å²) in [4.78, 5) is 17.4. The van der Waals surface area contributed by atoms with E-state index < -0.39 is 0 Å². The van der Waals surface area contributed by atoms with E-state index in [4.69, 9.17) is 0 Å². The third kappa shape index (κ3) is 2.64. The second kappa shape index (κ2) is 5.30. The molecule has 4 nitrogen and oxygen atoms in total. The van der Waals surface area contributed by atoms with E-state index >= 15 is 0 Å². The molecule has 3 aromatic rings. The van der Waals surface area contributed by atoms with Crippen molar-refractivity contribution in [3.05, 3.63) is 56.9 Å². The summed E-state index contributed by atoms with van der Waals surface area (Å²) in [6.07, 6.45) is 3.89. The molecule has 19 heavy (non-hydrogen) atoms. The van der Waals surface area contributed by atoms with Crippen LogP contribution in [0.15, 0.2) is 42.0 Å². The maximum absolute atomic E-state index is 12.0. The second-order valence-electron chi connectivity index (χ2n) is 3.99. The average Bonchev–Trinajstić information content (AvgIpc) is 2.97. The van der Waals surface area contributed by atoms with Gasteiger partial charge >= 0.3 is 0 Å². The lowest BCUT2D eigenvalue weighted by atomic mass is 10.2. The van der Waals surface area contributed by atoms with Gasteiger partial charge in [0.1, 0.15) is 0 Å². The summed E-state index contributed by atoms with van der Waals surface area (Å²) in [7, 11) is 0. The molecule has 0 unspecified atom stereocenters. The van der Waals surface area contributed by atoms with Crippen molar-refractivity contribution in [3.8, 4) is 0 Å². The van der Waals surface area contributed by atoms with Crippen molar-refractivity contribution in [1.29, 1.82) is 0 Å². The number of carbonyl (C=O) groups is 1. The summed E-state index contributed by atoms with van der Waals surface area (Å²) < 4.78 is 2.90. The van der Waals surface area contributed by atoms with Crippen LogP contribution in [0, 0.1) is 3.57 Å². The average molecular weight is 383 g/mol. The minimum Gasteiger partial charge on any atom is -0.346 e. The molecule has 96 valence electrons. The highest BCUT2D eigenvalue weighted by Crippen LogP contribution is 2.13. The van der Waals surface area contributed by atoms with Gasteiger partial charge in [0.15, 0.2) is 4.96 Å². The van der Waals surface area contributed by atoms with Crippen LogP contribution in [0.4, 0.5) is 0 Å². The van der Waals surface area contributed by atoms with E-state index in [1.807, 2.05) is 46.4 Å². The van der Waals surface area contributed by atoms with Crippen LogP contribution < -0.4 is 5.32 Å². The predicted molar refractivity (Wildman–Crippen MR) is 83.4 cm³/mol. The maximum Gasteiger partial charge on any atom is 0.252 e. The van der Waals surface area contributed by atoms with Crippen LogP contribution in [0.2, 0.25) is 0 Å².